The average Bonchev–Trinajstić information content (AvgIpc) is 2.69. The molecule has 1 aliphatic rings. The first-order valence-corrected chi connectivity index (χ1v) is 9.28. The van der Waals surface area contributed by atoms with E-state index in [1.807, 2.05) is 54.6 Å². The molecule has 4 amide bonds. The topological polar surface area (TPSA) is 66.5 Å². The second kappa shape index (κ2) is 8.16. The van der Waals surface area contributed by atoms with Crippen LogP contribution in [0.3, 0.4) is 0 Å². The number of carbonyl (C=O) groups excluding carboxylic acids is 3. The summed E-state index contributed by atoms with van der Waals surface area (Å²) in [5.41, 5.74) is 2.98. The zero-order chi connectivity index (χ0) is 19.4. The lowest BCUT2D eigenvalue weighted by Gasteiger charge is -2.30. The van der Waals surface area contributed by atoms with Gasteiger partial charge < -0.3 is 0 Å². The highest BCUT2D eigenvalue weighted by Gasteiger charge is 2.40. The standard InChI is InChI=1S/C22H24N2O3/c1-3-15(2)18-11-9-17(10-12-18)14-24-21(26)19(20(25)23-22(24)27)13-16-7-5-4-6-8-16/h4-12,15,19H,3,13-14H2,1-2H3,(H,23,25,27). The van der Waals surface area contributed by atoms with E-state index in [1.165, 1.54) is 5.56 Å². The number of urea groups is 1. The van der Waals surface area contributed by atoms with Crippen LogP contribution in [-0.2, 0) is 22.6 Å². The molecule has 2 aromatic rings. The Morgan fingerprint density at radius 2 is 1.63 bits per heavy atom. The number of amides is 4. The molecule has 0 aromatic heterocycles. The Morgan fingerprint density at radius 1 is 0.963 bits per heavy atom. The van der Waals surface area contributed by atoms with E-state index in [0.717, 1.165) is 22.4 Å². The molecule has 5 heteroatoms. The molecule has 0 saturated carbocycles. The molecule has 0 aliphatic carbocycles. The summed E-state index contributed by atoms with van der Waals surface area (Å²) in [6.07, 6.45) is 1.33. The lowest BCUT2D eigenvalue weighted by Crippen LogP contribution is -2.57. The van der Waals surface area contributed by atoms with E-state index in [4.69, 9.17) is 0 Å². The summed E-state index contributed by atoms with van der Waals surface area (Å²) in [5, 5.41) is 2.32. The Morgan fingerprint density at radius 3 is 2.26 bits per heavy atom. The molecule has 1 fully saturated rings. The monoisotopic (exact) mass is 364 g/mol. The van der Waals surface area contributed by atoms with Gasteiger partial charge in [-0.3, -0.25) is 19.8 Å². The van der Waals surface area contributed by atoms with Crippen LogP contribution in [0, 0.1) is 5.92 Å². The summed E-state index contributed by atoms with van der Waals surface area (Å²) in [4.78, 5) is 38.4. The van der Waals surface area contributed by atoms with Crippen LogP contribution in [0.15, 0.2) is 54.6 Å². The lowest BCUT2D eigenvalue weighted by atomic mass is 9.95. The molecule has 2 aromatic carbocycles. The van der Waals surface area contributed by atoms with Crippen LogP contribution >= 0.6 is 0 Å². The summed E-state index contributed by atoms with van der Waals surface area (Å²) in [5.74, 6) is -1.40. The minimum Gasteiger partial charge on any atom is -0.277 e. The Bertz CT molecular complexity index is 830. The zero-order valence-corrected chi connectivity index (χ0v) is 15.6. The largest absolute Gasteiger partial charge is 0.331 e. The summed E-state index contributed by atoms with van der Waals surface area (Å²) in [6.45, 7) is 4.46. The minimum atomic E-state index is -0.885. The number of rotatable bonds is 6. The molecule has 140 valence electrons. The Kier molecular flexibility index (Phi) is 5.69. The SMILES string of the molecule is CCC(C)c1ccc(CN2C(=O)NC(=O)C(Cc3ccccc3)C2=O)cc1. The van der Waals surface area contributed by atoms with Crippen molar-refractivity contribution in [3.63, 3.8) is 0 Å². The average molecular weight is 364 g/mol. The quantitative estimate of drug-likeness (QED) is 0.796. The van der Waals surface area contributed by atoms with Crippen molar-refractivity contribution < 1.29 is 14.4 Å². The molecule has 0 radical (unpaired) electrons. The molecule has 0 spiro atoms. The number of hydrogen-bond acceptors (Lipinski definition) is 3. The van der Waals surface area contributed by atoms with E-state index in [2.05, 4.69) is 19.2 Å². The molecular weight excluding hydrogens is 340 g/mol. The van der Waals surface area contributed by atoms with E-state index < -0.39 is 23.8 Å². The maximum absolute atomic E-state index is 12.8. The van der Waals surface area contributed by atoms with Gasteiger partial charge in [0.15, 0.2) is 0 Å². The van der Waals surface area contributed by atoms with Crippen molar-refractivity contribution in [2.45, 2.75) is 39.2 Å². The summed E-state index contributed by atoms with van der Waals surface area (Å²) in [7, 11) is 0. The summed E-state index contributed by atoms with van der Waals surface area (Å²) < 4.78 is 0. The number of benzene rings is 2. The van der Waals surface area contributed by atoms with Crippen molar-refractivity contribution in [3.05, 3.63) is 71.3 Å². The first-order chi connectivity index (χ1) is 13.0. The molecule has 1 heterocycles. The number of nitrogens with one attached hydrogen (secondary N) is 1. The van der Waals surface area contributed by atoms with E-state index in [1.54, 1.807) is 0 Å². The molecular formula is C22H24N2O3. The third-order valence-electron chi connectivity index (χ3n) is 5.14. The van der Waals surface area contributed by atoms with Gasteiger partial charge in [0.05, 0.1) is 6.54 Å². The van der Waals surface area contributed by atoms with Crippen LogP contribution in [-0.4, -0.2) is 22.7 Å². The van der Waals surface area contributed by atoms with Crippen LogP contribution in [0.25, 0.3) is 0 Å². The molecule has 3 rings (SSSR count). The molecule has 5 nitrogen and oxygen atoms in total. The molecule has 1 saturated heterocycles. The van der Waals surface area contributed by atoms with Crippen LogP contribution in [0.5, 0.6) is 0 Å². The Hall–Kier alpha value is -2.95. The summed E-state index contributed by atoms with van der Waals surface area (Å²) >= 11 is 0. The van der Waals surface area contributed by atoms with Gasteiger partial charge in [0.25, 0.3) is 0 Å². The fourth-order valence-electron chi connectivity index (χ4n) is 3.21. The number of imide groups is 2. The predicted octanol–water partition coefficient (Wildman–Crippen LogP) is 3.64. The Labute approximate surface area is 159 Å². The van der Waals surface area contributed by atoms with Crippen molar-refractivity contribution in [3.8, 4) is 0 Å². The second-order valence-corrected chi connectivity index (χ2v) is 7.01. The van der Waals surface area contributed by atoms with Crippen molar-refractivity contribution >= 4 is 17.8 Å². The van der Waals surface area contributed by atoms with Crippen LogP contribution in [0.1, 0.15) is 42.9 Å². The van der Waals surface area contributed by atoms with Gasteiger partial charge in [-0.05, 0) is 35.4 Å². The van der Waals surface area contributed by atoms with E-state index in [0.29, 0.717) is 5.92 Å². The van der Waals surface area contributed by atoms with Gasteiger partial charge in [0, 0.05) is 0 Å². The van der Waals surface area contributed by atoms with Gasteiger partial charge in [0.2, 0.25) is 11.8 Å². The first-order valence-electron chi connectivity index (χ1n) is 9.28. The van der Waals surface area contributed by atoms with Gasteiger partial charge >= 0.3 is 6.03 Å². The third kappa shape index (κ3) is 4.25. The minimum absolute atomic E-state index is 0.157. The third-order valence-corrected chi connectivity index (χ3v) is 5.14. The highest BCUT2D eigenvalue weighted by molar-refractivity contribution is 6.16. The van der Waals surface area contributed by atoms with Crippen LogP contribution < -0.4 is 5.32 Å². The van der Waals surface area contributed by atoms with Gasteiger partial charge in [-0.25, -0.2) is 4.79 Å². The Balaban J connectivity index is 1.75. The van der Waals surface area contributed by atoms with E-state index in [9.17, 15) is 14.4 Å². The second-order valence-electron chi connectivity index (χ2n) is 7.01. The van der Waals surface area contributed by atoms with E-state index in [-0.39, 0.29) is 13.0 Å². The van der Waals surface area contributed by atoms with Gasteiger partial charge in [-0.15, -0.1) is 0 Å². The molecule has 1 aliphatic heterocycles. The number of nitrogens with zero attached hydrogens (tertiary/aromatic N) is 1. The van der Waals surface area contributed by atoms with Gasteiger partial charge in [-0.1, -0.05) is 68.4 Å². The predicted molar refractivity (Wildman–Crippen MR) is 103 cm³/mol. The molecule has 0 bridgehead atoms. The normalized spacial score (nSPS) is 18.4. The van der Waals surface area contributed by atoms with Gasteiger partial charge in [-0.2, -0.15) is 0 Å². The van der Waals surface area contributed by atoms with E-state index >= 15 is 0 Å². The van der Waals surface area contributed by atoms with Crippen LogP contribution in [0.2, 0.25) is 0 Å². The maximum Gasteiger partial charge on any atom is 0.331 e. The van der Waals surface area contributed by atoms with Crippen molar-refractivity contribution in [1.29, 1.82) is 0 Å². The van der Waals surface area contributed by atoms with Crippen LogP contribution in [0.4, 0.5) is 4.79 Å². The molecule has 1 N–H and O–H groups in total. The fourth-order valence-corrected chi connectivity index (χ4v) is 3.21. The zero-order valence-electron chi connectivity index (χ0n) is 15.6. The molecule has 27 heavy (non-hydrogen) atoms. The fraction of sp³-hybridized carbons (Fsp3) is 0.318. The van der Waals surface area contributed by atoms with Crippen molar-refractivity contribution in [2.75, 3.05) is 0 Å². The number of barbiturate groups is 1. The highest BCUT2D eigenvalue weighted by atomic mass is 16.2. The number of carbonyl (C=O) groups is 3. The molecule has 2 atom stereocenters. The highest BCUT2D eigenvalue weighted by Crippen LogP contribution is 2.21. The van der Waals surface area contributed by atoms with Crippen molar-refractivity contribution in [2.24, 2.45) is 5.92 Å². The first kappa shape index (κ1) is 18.8. The number of hydrogen-bond donors (Lipinski definition) is 1. The summed E-state index contributed by atoms with van der Waals surface area (Å²) in [6, 6.07) is 16.6. The lowest BCUT2D eigenvalue weighted by molar-refractivity contribution is -0.142. The maximum atomic E-state index is 12.8. The van der Waals surface area contributed by atoms with Gasteiger partial charge in [0.1, 0.15) is 5.92 Å². The van der Waals surface area contributed by atoms with Crippen molar-refractivity contribution in [1.82, 2.24) is 10.2 Å². The molecule has 2 unspecified atom stereocenters. The smallest absolute Gasteiger partial charge is 0.277 e.